The van der Waals surface area contributed by atoms with E-state index in [1.54, 1.807) is 17.2 Å². The maximum atomic E-state index is 12.7. The van der Waals surface area contributed by atoms with Gasteiger partial charge in [0, 0.05) is 37.1 Å². The number of nitrogens with zero attached hydrogens (tertiary/aromatic N) is 4. The summed E-state index contributed by atoms with van der Waals surface area (Å²) in [7, 11) is 0. The van der Waals surface area contributed by atoms with Crippen LogP contribution in [0.1, 0.15) is 16.1 Å². The van der Waals surface area contributed by atoms with Crippen LogP contribution in [0.4, 0.5) is 10.8 Å². The zero-order valence-corrected chi connectivity index (χ0v) is 18.8. The average molecular weight is 462 g/mol. The van der Waals surface area contributed by atoms with E-state index < -0.39 is 0 Å². The van der Waals surface area contributed by atoms with Gasteiger partial charge in [0.2, 0.25) is 6.41 Å². The van der Waals surface area contributed by atoms with Crippen LogP contribution in [0, 0.1) is 12.3 Å². The number of carbonyl (C=O) groups is 2. The molecule has 0 bridgehead atoms. The fourth-order valence-electron chi connectivity index (χ4n) is 3.52. The number of terminal acetylenes is 1. The molecular weight excluding hydrogens is 438 g/mol. The summed E-state index contributed by atoms with van der Waals surface area (Å²) in [4.78, 5) is 36.3. The van der Waals surface area contributed by atoms with Gasteiger partial charge in [0.05, 0.1) is 24.2 Å². The Labute approximate surface area is 196 Å². The minimum atomic E-state index is -0.320. The molecule has 3 aromatic rings. The Bertz CT molecular complexity index is 1150. The molecule has 168 valence electrons. The van der Waals surface area contributed by atoms with E-state index >= 15 is 0 Å². The average Bonchev–Trinajstić information content (AvgIpc) is 3.33. The number of piperazine rings is 1. The Morgan fingerprint density at radius 2 is 2.03 bits per heavy atom. The highest BCUT2D eigenvalue weighted by Gasteiger charge is 2.17. The van der Waals surface area contributed by atoms with Crippen LogP contribution >= 0.6 is 11.3 Å². The third-order valence-corrected chi connectivity index (χ3v) is 6.03. The summed E-state index contributed by atoms with van der Waals surface area (Å²) in [6.45, 7) is 3.47. The fraction of sp³-hybridized carbons (Fsp3) is 0.250. The minimum Gasteiger partial charge on any atom is -0.367 e. The van der Waals surface area contributed by atoms with Crippen LogP contribution in [0.3, 0.4) is 0 Å². The Hall–Kier alpha value is -3.74. The second kappa shape index (κ2) is 10.7. The molecule has 1 aliphatic rings. The van der Waals surface area contributed by atoms with Crippen molar-refractivity contribution in [2.45, 2.75) is 6.61 Å². The topological polar surface area (TPSA) is 87.7 Å². The number of thiazole rings is 1. The van der Waals surface area contributed by atoms with Crippen molar-refractivity contribution in [2.24, 2.45) is 0 Å². The predicted octanol–water partition coefficient (Wildman–Crippen LogP) is 2.89. The van der Waals surface area contributed by atoms with Gasteiger partial charge in [-0.25, -0.2) is 9.97 Å². The van der Waals surface area contributed by atoms with E-state index in [-0.39, 0.29) is 12.5 Å². The lowest BCUT2D eigenvalue weighted by Gasteiger charge is -2.33. The standard InChI is InChI=1S/C24H23N5O3S/c1-2-13-32-15-18-5-3-4-6-20(18)22-16-33-24(26-22)27-23(31)21-8-7-19(14-25-21)29-11-9-28(17-30)10-12-29/h1,3-8,14,16-17H,9-13,15H2,(H,26,27,31). The molecule has 1 saturated heterocycles. The van der Waals surface area contributed by atoms with Crippen molar-refractivity contribution in [3.8, 4) is 23.6 Å². The van der Waals surface area contributed by atoms with Gasteiger partial charge in [-0.2, -0.15) is 0 Å². The molecule has 0 radical (unpaired) electrons. The van der Waals surface area contributed by atoms with E-state index in [0.29, 0.717) is 30.5 Å². The summed E-state index contributed by atoms with van der Waals surface area (Å²) in [5.74, 6) is 2.14. The molecule has 1 N–H and O–H groups in total. The summed E-state index contributed by atoms with van der Waals surface area (Å²) in [6.07, 6.45) is 7.81. The zero-order valence-electron chi connectivity index (χ0n) is 17.9. The molecule has 9 heteroatoms. The Balaban J connectivity index is 1.39. The highest BCUT2D eigenvalue weighted by Crippen LogP contribution is 2.28. The highest BCUT2D eigenvalue weighted by atomic mass is 32.1. The van der Waals surface area contributed by atoms with Gasteiger partial charge in [-0.1, -0.05) is 30.2 Å². The Kier molecular flexibility index (Phi) is 7.29. The van der Waals surface area contributed by atoms with E-state index in [1.165, 1.54) is 11.3 Å². The van der Waals surface area contributed by atoms with Gasteiger partial charge in [0.15, 0.2) is 5.13 Å². The number of benzene rings is 1. The second-order valence-electron chi connectivity index (χ2n) is 7.38. The number of aromatic nitrogens is 2. The van der Waals surface area contributed by atoms with Crippen LogP contribution in [0.2, 0.25) is 0 Å². The first-order valence-corrected chi connectivity index (χ1v) is 11.3. The van der Waals surface area contributed by atoms with E-state index in [1.807, 2.05) is 35.7 Å². The molecule has 3 heterocycles. The molecule has 4 rings (SSSR count). The molecule has 0 atom stereocenters. The number of amides is 2. The van der Waals surface area contributed by atoms with Crippen molar-refractivity contribution in [2.75, 3.05) is 43.0 Å². The summed E-state index contributed by atoms with van der Waals surface area (Å²) in [5.41, 5.74) is 3.90. The monoisotopic (exact) mass is 461 g/mol. The molecular formula is C24H23N5O3S. The molecule has 8 nitrogen and oxygen atoms in total. The number of pyridine rings is 1. The van der Waals surface area contributed by atoms with Crippen molar-refractivity contribution in [1.82, 2.24) is 14.9 Å². The van der Waals surface area contributed by atoms with Gasteiger partial charge in [-0.15, -0.1) is 17.8 Å². The molecule has 1 aromatic carbocycles. The highest BCUT2D eigenvalue weighted by molar-refractivity contribution is 7.14. The zero-order chi connectivity index (χ0) is 23.0. The van der Waals surface area contributed by atoms with Crippen molar-refractivity contribution in [3.05, 3.63) is 59.2 Å². The summed E-state index contributed by atoms with van der Waals surface area (Å²) in [6, 6.07) is 11.4. The number of anilines is 2. The number of carbonyl (C=O) groups excluding carboxylic acids is 2. The smallest absolute Gasteiger partial charge is 0.276 e. The predicted molar refractivity (Wildman–Crippen MR) is 128 cm³/mol. The van der Waals surface area contributed by atoms with Crippen LogP contribution < -0.4 is 10.2 Å². The third kappa shape index (κ3) is 5.55. The molecule has 0 saturated carbocycles. The molecule has 2 amide bonds. The molecule has 0 aliphatic carbocycles. The number of nitrogens with one attached hydrogen (secondary N) is 1. The van der Waals surface area contributed by atoms with E-state index in [0.717, 1.165) is 42.0 Å². The first kappa shape index (κ1) is 22.5. The van der Waals surface area contributed by atoms with Crippen LogP contribution in [0.15, 0.2) is 48.0 Å². The molecule has 1 aliphatic heterocycles. The normalized spacial score (nSPS) is 13.4. The molecule has 1 fully saturated rings. The quantitative estimate of drug-likeness (QED) is 0.315. The maximum Gasteiger partial charge on any atom is 0.276 e. The lowest BCUT2D eigenvalue weighted by molar-refractivity contribution is -0.118. The van der Waals surface area contributed by atoms with Crippen molar-refractivity contribution in [3.63, 3.8) is 0 Å². The number of hydrogen-bond acceptors (Lipinski definition) is 7. The number of hydrogen-bond donors (Lipinski definition) is 1. The van der Waals surface area contributed by atoms with Crippen LogP contribution in [-0.4, -0.2) is 60.0 Å². The van der Waals surface area contributed by atoms with Crippen LogP contribution in [0.25, 0.3) is 11.3 Å². The second-order valence-corrected chi connectivity index (χ2v) is 8.23. The number of ether oxygens (including phenoxy) is 1. The van der Waals surface area contributed by atoms with Crippen LogP contribution in [0.5, 0.6) is 0 Å². The van der Waals surface area contributed by atoms with Crippen molar-refractivity contribution >= 4 is 34.5 Å². The first-order valence-electron chi connectivity index (χ1n) is 10.4. The summed E-state index contributed by atoms with van der Waals surface area (Å²) >= 11 is 1.35. The van der Waals surface area contributed by atoms with Gasteiger partial charge < -0.3 is 14.5 Å². The van der Waals surface area contributed by atoms with Gasteiger partial charge >= 0.3 is 0 Å². The minimum absolute atomic E-state index is 0.243. The van der Waals surface area contributed by atoms with Gasteiger partial charge in [0.25, 0.3) is 5.91 Å². The Morgan fingerprint density at radius 3 is 2.76 bits per heavy atom. The van der Waals surface area contributed by atoms with Crippen LogP contribution in [-0.2, 0) is 16.1 Å². The van der Waals surface area contributed by atoms with Crippen molar-refractivity contribution < 1.29 is 14.3 Å². The third-order valence-electron chi connectivity index (χ3n) is 5.27. The molecule has 33 heavy (non-hydrogen) atoms. The lowest BCUT2D eigenvalue weighted by Crippen LogP contribution is -2.45. The van der Waals surface area contributed by atoms with Gasteiger partial charge in [0.1, 0.15) is 12.3 Å². The fourth-order valence-corrected chi connectivity index (χ4v) is 4.23. The SMILES string of the molecule is C#CCOCc1ccccc1-c1csc(NC(=O)c2ccc(N3CCN(C=O)CC3)cn2)n1. The van der Waals surface area contributed by atoms with Gasteiger partial charge in [-0.05, 0) is 17.7 Å². The lowest BCUT2D eigenvalue weighted by atomic mass is 10.1. The number of rotatable bonds is 8. The first-order chi connectivity index (χ1) is 16.2. The summed E-state index contributed by atoms with van der Waals surface area (Å²) in [5, 5.41) is 5.21. The summed E-state index contributed by atoms with van der Waals surface area (Å²) < 4.78 is 5.46. The molecule has 0 spiro atoms. The molecule has 0 unspecified atom stereocenters. The Morgan fingerprint density at radius 1 is 1.21 bits per heavy atom. The largest absolute Gasteiger partial charge is 0.367 e. The maximum absolute atomic E-state index is 12.7. The van der Waals surface area contributed by atoms with E-state index in [9.17, 15) is 9.59 Å². The molecule has 2 aromatic heterocycles. The van der Waals surface area contributed by atoms with Crippen molar-refractivity contribution in [1.29, 1.82) is 0 Å². The van der Waals surface area contributed by atoms with E-state index in [2.05, 4.69) is 26.1 Å². The van der Waals surface area contributed by atoms with Gasteiger partial charge in [-0.3, -0.25) is 14.9 Å². The van der Waals surface area contributed by atoms with E-state index in [4.69, 9.17) is 11.2 Å².